The van der Waals surface area contributed by atoms with Crippen molar-refractivity contribution < 1.29 is 4.98 Å². The highest BCUT2D eigenvalue weighted by molar-refractivity contribution is 5.62. The van der Waals surface area contributed by atoms with Crippen LogP contribution in [0.3, 0.4) is 0 Å². The van der Waals surface area contributed by atoms with Gasteiger partial charge < -0.3 is 5.32 Å². The molecule has 1 aliphatic heterocycles. The minimum atomic E-state index is 0.994. The Morgan fingerprint density at radius 2 is 2.20 bits per heavy atom. The van der Waals surface area contributed by atoms with Gasteiger partial charge in [0, 0.05) is 0 Å². The van der Waals surface area contributed by atoms with Crippen LogP contribution in [-0.2, 0) is 0 Å². The van der Waals surface area contributed by atoms with E-state index in [1.165, 1.54) is 0 Å². The van der Waals surface area contributed by atoms with Gasteiger partial charge in [0.2, 0.25) is 0 Å². The lowest BCUT2D eigenvalue weighted by Crippen LogP contribution is -2.26. The fourth-order valence-corrected chi connectivity index (χ4v) is 1.12. The quantitative estimate of drug-likeness (QED) is 0.539. The van der Waals surface area contributed by atoms with Gasteiger partial charge in [-0.15, -0.1) is 0 Å². The molecular weight excluding hydrogens is 126 g/mol. The van der Waals surface area contributed by atoms with Gasteiger partial charge in [0.1, 0.15) is 12.2 Å². The van der Waals surface area contributed by atoms with Crippen LogP contribution in [0.25, 0.3) is 0 Å². The molecule has 0 bridgehead atoms. The molecule has 2 rings (SSSR count). The summed E-state index contributed by atoms with van der Waals surface area (Å²) < 4.78 is 0. The number of hydrogen-bond donors (Lipinski definition) is 2. The molecule has 0 radical (unpaired) electrons. The Morgan fingerprint density at radius 1 is 1.30 bits per heavy atom. The summed E-state index contributed by atoms with van der Waals surface area (Å²) in [5.41, 5.74) is 1.16. The van der Waals surface area contributed by atoms with Crippen LogP contribution in [-0.4, -0.2) is 13.1 Å². The summed E-state index contributed by atoms with van der Waals surface area (Å²) in [6.45, 7) is 2.00. The molecule has 0 atom stereocenters. The molecule has 0 fully saturated rings. The van der Waals surface area contributed by atoms with Crippen molar-refractivity contribution in [3.8, 4) is 0 Å². The Bertz CT molecular complexity index is 209. The zero-order valence-corrected chi connectivity index (χ0v) is 5.65. The van der Waals surface area contributed by atoms with Crippen molar-refractivity contribution in [2.45, 2.75) is 0 Å². The molecule has 52 valence electrons. The predicted molar refractivity (Wildman–Crippen MR) is 40.0 cm³/mol. The van der Waals surface area contributed by atoms with Gasteiger partial charge >= 0.3 is 0 Å². The van der Waals surface area contributed by atoms with E-state index in [9.17, 15) is 0 Å². The molecule has 2 heterocycles. The van der Waals surface area contributed by atoms with E-state index in [0.29, 0.717) is 0 Å². The first-order valence-corrected chi connectivity index (χ1v) is 3.45. The first-order valence-electron chi connectivity index (χ1n) is 3.45. The second-order valence-electron chi connectivity index (χ2n) is 2.31. The summed E-state index contributed by atoms with van der Waals surface area (Å²) in [4.78, 5) is 3.12. The standard InChI is InChI=1S/C7H9N3/c1-2-6-7(9-3-1)10-5-4-8-6/h1-3,8H,4-5H2,(H,9,10)/p+1. The molecule has 0 spiro atoms. The van der Waals surface area contributed by atoms with E-state index >= 15 is 0 Å². The first-order chi connectivity index (χ1) is 4.97. The van der Waals surface area contributed by atoms with Crippen LogP contribution in [0, 0.1) is 0 Å². The van der Waals surface area contributed by atoms with Crippen LogP contribution in [0.5, 0.6) is 0 Å². The molecular formula is C7H10N3+. The van der Waals surface area contributed by atoms with Crippen molar-refractivity contribution in [3.05, 3.63) is 18.3 Å². The highest BCUT2D eigenvalue weighted by Crippen LogP contribution is 2.16. The van der Waals surface area contributed by atoms with Crippen LogP contribution in [0.1, 0.15) is 0 Å². The van der Waals surface area contributed by atoms with Gasteiger partial charge in [-0.2, -0.15) is 0 Å². The zero-order valence-electron chi connectivity index (χ0n) is 5.65. The molecule has 3 N–H and O–H groups in total. The largest absolute Gasteiger partial charge is 0.374 e. The lowest BCUT2D eigenvalue weighted by molar-refractivity contribution is -0.360. The van der Waals surface area contributed by atoms with Gasteiger partial charge in [0.15, 0.2) is 0 Å². The molecule has 1 aromatic heterocycles. The molecule has 0 aliphatic carbocycles. The molecule has 3 nitrogen and oxygen atoms in total. The number of aromatic amines is 1. The van der Waals surface area contributed by atoms with Gasteiger partial charge in [-0.3, -0.25) is 5.32 Å². The van der Waals surface area contributed by atoms with E-state index in [2.05, 4.69) is 21.7 Å². The highest BCUT2D eigenvalue weighted by Gasteiger charge is 2.11. The molecule has 1 aliphatic rings. The summed E-state index contributed by atoms with van der Waals surface area (Å²) in [5.74, 6) is 1.09. The average Bonchev–Trinajstić information content (AvgIpc) is 2.05. The second kappa shape index (κ2) is 2.17. The summed E-state index contributed by atoms with van der Waals surface area (Å²) in [6.07, 6.45) is 1.92. The maximum absolute atomic E-state index is 3.27. The van der Waals surface area contributed by atoms with Gasteiger partial charge in [-0.25, -0.2) is 4.98 Å². The van der Waals surface area contributed by atoms with Crippen molar-refractivity contribution in [3.63, 3.8) is 0 Å². The van der Waals surface area contributed by atoms with Crippen molar-refractivity contribution in [1.29, 1.82) is 0 Å². The van der Waals surface area contributed by atoms with Gasteiger partial charge in [-0.1, -0.05) is 0 Å². The molecule has 0 saturated carbocycles. The predicted octanol–water partition coefficient (Wildman–Crippen LogP) is 0.338. The highest BCUT2D eigenvalue weighted by atomic mass is 15.1. The minimum Gasteiger partial charge on any atom is -0.374 e. The van der Waals surface area contributed by atoms with Crippen molar-refractivity contribution >= 4 is 11.5 Å². The number of rotatable bonds is 0. The van der Waals surface area contributed by atoms with Crippen molar-refractivity contribution in [2.75, 3.05) is 23.7 Å². The SMILES string of the molecule is c1c[nH+]c2c(c1)NCCN2. The fraction of sp³-hybridized carbons (Fsp3) is 0.286. The first kappa shape index (κ1) is 5.53. The molecule has 0 aromatic carbocycles. The molecule has 3 heteroatoms. The average molecular weight is 136 g/mol. The number of fused-ring (bicyclic) bond motifs is 1. The normalized spacial score (nSPS) is 14.8. The van der Waals surface area contributed by atoms with Crippen LogP contribution in [0.15, 0.2) is 18.3 Å². The molecule has 0 saturated heterocycles. The zero-order chi connectivity index (χ0) is 6.81. The monoisotopic (exact) mass is 136 g/mol. The summed E-state index contributed by atoms with van der Waals surface area (Å²) >= 11 is 0. The minimum absolute atomic E-state index is 0.994. The number of hydrogen-bond acceptors (Lipinski definition) is 2. The van der Waals surface area contributed by atoms with E-state index in [-0.39, 0.29) is 0 Å². The number of anilines is 2. The van der Waals surface area contributed by atoms with Crippen molar-refractivity contribution in [2.24, 2.45) is 0 Å². The summed E-state index contributed by atoms with van der Waals surface area (Å²) in [5, 5.41) is 6.51. The third-order valence-electron chi connectivity index (χ3n) is 1.60. The van der Waals surface area contributed by atoms with Crippen LogP contribution < -0.4 is 15.6 Å². The second-order valence-corrected chi connectivity index (χ2v) is 2.31. The van der Waals surface area contributed by atoms with Gasteiger partial charge in [0.05, 0.1) is 12.7 Å². The van der Waals surface area contributed by atoms with E-state index in [0.717, 1.165) is 24.6 Å². The van der Waals surface area contributed by atoms with E-state index in [4.69, 9.17) is 0 Å². The third-order valence-corrected chi connectivity index (χ3v) is 1.60. The molecule has 1 aromatic rings. The third kappa shape index (κ3) is 0.795. The number of H-pyrrole nitrogens is 1. The Morgan fingerprint density at radius 3 is 3.10 bits per heavy atom. The maximum Gasteiger partial charge on any atom is 0.295 e. The fourth-order valence-electron chi connectivity index (χ4n) is 1.12. The van der Waals surface area contributed by atoms with E-state index in [1.807, 2.05) is 12.3 Å². The Balaban J connectivity index is 2.41. The molecule has 10 heavy (non-hydrogen) atoms. The van der Waals surface area contributed by atoms with Crippen molar-refractivity contribution in [1.82, 2.24) is 0 Å². The number of pyridine rings is 1. The van der Waals surface area contributed by atoms with Crippen LogP contribution >= 0.6 is 0 Å². The van der Waals surface area contributed by atoms with E-state index < -0.39 is 0 Å². The molecule has 0 amide bonds. The number of nitrogens with one attached hydrogen (secondary N) is 3. The van der Waals surface area contributed by atoms with Crippen LogP contribution in [0.4, 0.5) is 11.5 Å². The van der Waals surface area contributed by atoms with E-state index in [1.54, 1.807) is 0 Å². The Hall–Kier alpha value is -1.25. The summed E-state index contributed by atoms with van der Waals surface area (Å²) in [7, 11) is 0. The van der Waals surface area contributed by atoms with Crippen LogP contribution in [0.2, 0.25) is 0 Å². The lowest BCUT2D eigenvalue weighted by atomic mass is 10.3. The molecule has 0 unspecified atom stereocenters. The Kier molecular flexibility index (Phi) is 1.20. The number of aromatic nitrogens is 1. The lowest BCUT2D eigenvalue weighted by Gasteiger charge is -2.11. The topological polar surface area (TPSA) is 38.2 Å². The maximum atomic E-state index is 3.27. The van der Waals surface area contributed by atoms with Gasteiger partial charge in [0.25, 0.3) is 5.82 Å². The summed E-state index contributed by atoms with van der Waals surface area (Å²) in [6, 6.07) is 4.04. The smallest absolute Gasteiger partial charge is 0.295 e. The van der Waals surface area contributed by atoms with Gasteiger partial charge in [-0.05, 0) is 12.1 Å². The Labute approximate surface area is 59.5 Å².